The summed E-state index contributed by atoms with van der Waals surface area (Å²) in [6.45, 7) is 0.386. The number of fused-ring (bicyclic) bond motifs is 1. The fraction of sp³-hybridized carbons (Fsp3) is 0.500. The summed E-state index contributed by atoms with van der Waals surface area (Å²) in [5.41, 5.74) is 2.56. The number of carbonyl (C=O) groups excluding carboxylic acids is 3. The van der Waals surface area contributed by atoms with E-state index < -0.39 is 17.9 Å². The van der Waals surface area contributed by atoms with Gasteiger partial charge < -0.3 is 10.0 Å². The van der Waals surface area contributed by atoms with Gasteiger partial charge in [0.25, 0.3) is 5.91 Å². The summed E-state index contributed by atoms with van der Waals surface area (Å²) in [7, 11) is 0. The molecule has 0 bridgehead atoms. The van der Waals surface area contributed by atoms with Crippen LogP contribution >= 0.6 is 0 Å². The van der Waals surface area contributed by atoms with Gasteiger partial charge in [-0.3, -0.25) is 24.5 Å². The molecule has 31 heavy (non-hydrogen) atoms. The van der Waals surface area contributed by atoms with E-state index in [-0.39, 0.29) is 24.7 Å². The molecule has 3 amide bonds. The standard InChI is InChI=1S/C24H30N2O5/c27-21-15-14-20(23(30)25-21)26-16-19-17(11-9-12-18(19)24(26)31)10-7-5-3-1-2-4-6-8-13-22(28)29/h7,9-12,20H,1-6,8,13-16H2,(H,28,29)(H,25,27,30). The molecular weight excluding hydrogens is 396 g/mol. The number of rotatable bonds is 11. The molecule has 7 heteroatoms. The molecule has 2 aliphatic rings. The molecule has 1 saturated heterocycles. The summed E-state index contributed by atoms with van der Waals surface area (Å²) in [5, 5.41) is 11.0. The molecule has 0 saturated carbocycles. The van der Waals surface area contributed by atoms with Crippen LogP contribution in [0.5, 0.6) is 0 Å². The topological polar surface area (TPSA) is 104 Å². The van der Waals surface area contributed by atoms with Crippen LogP contribution in [0, 0.1) is 0 Å². The average molecular weight is 427 g/mol. The highest BCUT2D eigenvalue weighted by atomic mass is 16.4. The molecule has 0 aliphatic carbocycles. The predicted octanol–water partition coefficient (Wildman–Crippen LogP) is 3.67. The van der Waals surface area contributed by atoms with E-state index in [0.29, 0.717) is 18.5 Å². The molecule has 1 aromatic carbocycles. The first-order chi connectivity index (χ1) is 15.0. The first-order valence-electron chi connectivity index (χ1n) is 11.1. The van der Waals surface area contributed by atoms with Crippen molar-refractivity contribution in [1.29, 1.82) is 0 Å². The fourth-order valence-corrected chi connectivity index (χ4v) is 4.22. The lowest BCUT2D eigenvalue weighted by Gasteiger charge is -2.29. The number of hydrogen-bond acceptors (Lipinski definition) is 4. The highest BCUT2D eigenvalue weighted by Crippen LogP contribution is 2.30. The number of nitrogens with one attached hydrogen (secondary N) is 1. The molecule has 2 N–H and O–H groups in total. The van der Waals surface area contributed by atoms with Gasteiger partial charge in [0, 0.05) is 24.9 Å². The number of aliphatic carboxylic acids is 1. The molecule has 0 spiro atoms. The number of nitrogens with zero attached hydrogens (tertiary/aromatic N) is 1. The van der Waals surface area contributed by atoms with Crippen LogP contribution in [0.3, 0.4) is 0 Å². The molecule has 1 atom stereocenters. The van der Waals surface area contributed by atoms with Crippen LogP contribution in [0.4, 0.5) is 0 Å². The lowest BCUT2D eigenvalue weighted by atomic mass is 10.0. The van der Waals surface area contributed by atoms with Gasteiger partial charge in [0.2, 0.25) is 11.8 Å². The lowest BCUT2D eigenvalue weighted by Crippen LogP contribution is -2.52. The van der Waals surface area contributed by atoms with E-state index in [2.05, 4.69) is 11.4 Å². The van der Waals surface area contributed by atoms with E-state index in [1.54, 1.807) is 11.0 Å². The number of imide groups is 1. The SMILES string of the molecule is O=C(O)CCCCCCCCC=Cc1cccc2c1CN(C1CCC(=O)NC1=O)C2=O. The molecular formula is C24H30N2O5. The second-order valence-corrected chi connectivity index (χ2v) is 8.23. The zero-order valence-electron chi connectivity index (χ0n) is 17.8. The molecule has 1 aromatic rings. The molecule has 7 nitrogen and oxygen atoms in total. The van der Waals surface area contributed by atoms with Crippen molar-refractivity contribution in [1.82, 2.24) is 10.2 Å². The smallest absolute Gasteiger partial charge is 0.303 e. The van der Waals surface area contributed by atoms with Crippen LogP contribution in [-0.2, 0) is 20.9 Å². The van der Waals surface area contributed by atoms with Crippen LogP contribution in [0.1, 0.15) is 85.7 Å². The van der Waals surface area contributed by atoms with Gasteiger partial charge in [-0.05, 0) is 42.9 Å². The van der Waals surface area contributed by atoms with E-state index in [9.17, 15) is 19.2 Å². The van der Waals surface area contributed by atoms with Gasteiger partial charge in [-0.15, -0.1) is 0 Å². The molecule has 2 aliphatic heterocycles. The number of allylic oxidation sites excluding steroid dienone is 1. The molecule has 0 aromatic heterocycles. The van der Waals surface area contributed by atoms with Crippen molar-refractivity contribution in [3.05, 3.63) is 41.0 Å². The second kappa shape index (κ2) is 10.9. The number of carbonyl (C=O) groups is 4. The number of amides is 3. The van der Waals surface area contributed by atoms with Crippen molar-refractivity contribution >= 4 is 29.8 Å². The lowest BCUT2D eigenvalue weighted by molar-refractivity contribution is -0.138. The Hall–Kier alpha value is -2.96. The van der Waals surface area contributed by atoms with Gasteiger partial charge in [-0.25, -0.2) is 0 Å². The van der Waals surface area contributed by atoms with Crippen LogP contribution in [0.2, 0.25) is 0 Å². The zero-order valence-corrected chi connectivity index (χ0v) is 17.8. The van der Waals surface area contributed by atoms with E-state index in [1.807, 2.05) is 18.2 Å². The minimum Gasteiger partial charge on any atom is -0.481 e. The van der Waals surface area contributed by atoms with Crippen LogP contribution in [-0.4, -0.2) is 39.7 Å². The van der Waals surface area contributed by atoms with Crippen molar-refractivity contribution in [2.24, 2.45) is 0 Å². The van der Waals surface area contributed by atoms with Crippen molar-refractivity contribution in [2.45, 2.75) is 76.8 Å². The van der Waals surface area contributed by atoms with E-state index in [4.69, 9.17) is 5.11 Å². The fourth-order valence-electron chi connectivity index (χ4n) is 4.22. The molecule has 3 rings (SSSR count). The number of carboxylic acid groups (broad SMARTS) is 1. The Labute approximate surface area is 182 Å². The number of unbranched alkanes of at least 4 members (excludes halogenated alkanes) is 6. The third-order valence-corrected chi connectivity index (χ3v) is 5.93. The summed E-state index contributed by atoms with van der Waals surface area (Å²) >= 11 is 0. The number of piperidine rings is 1. The number of benzene rings is 1. The quantitative estimate of drug-likeness (QED) is 0.415. The Bertz CT molecular complexity index is 877. The Kier molecular flexibility index (Phi) is 7.98. The van der Waals surface area contributed by atoms with Crippen LogP contribution in [0.25, 0.3) is 6.08 Å². The van der Waals surface area contributed by atoms with E-state index >= 15 is 0 Å². The summed E-state index contributed by atoms with van der Waals surface area (Å²) in [5.74, 6) is -1.55. The minimum atomic E-state index is -0.723. The maximum atomic E-state index is 12.8. The van der Waals surface area contributed by atoms with Gasteiger partial charge in [-0.2, -0.15) is 0 Å². The molecule has 166 valence electrons. The van der Waals surface area contributed by atoms with Crippen LogP contribution in [0.15, 0.2) is 24.3 Å². The monoisotopic (exact) mass is 426 g/mol. The van der Waals surface area contributed by atoms with Gasteiger partial charge in [-0.1, -0.05) is 50.0 Å². The average Bonchev–Trinajstić information content (AvgIpc) is 3.06. The van der Waals surface area contributed by atoms with Crippen molar-refractivity contribution in [3.8, 4) is 0 Å². The summed E-state index contributed by atoms with van der Waals surface area (Å²) in [6.07, 6.45) is 12.1. The molecule has 2 heterocycles. The van der Waals surface area contributed by atoms with Crippen molar-refractivity contribution in [3.63, 3.8) is 0 Å². The van der Waals surface area contributed by atoms with Crippen LogP contribution < -0.4 is 5.32 Å². The maximum absolute atomic E-state index is 12.8. The Morgan fingerprint density at radius 1 is 1.10 bits per heavy atom. The van der Waals surface area contributed by atoms with E-state index in [0.717, 1.165) is 56.1 Å². The highest BCUT2D eigenvalue weighted by molar-refractivity contribution is 6.05. The number of hydrogen-bond donors (Lipinski definition) is 2. The summed E-state index contributed by atoms with van der Waals surface area (Å²) < 4.78 is 0. The maximum Gasteiger partial charge on any atom is 0.303 e. The zero-order chi connectivity index (χ0) is 22.2. The van der Waals surface area contributed by atoms with Gasteiger partial charge in [0.05, 0.1) is 0 Å². The minimum absolute atomic E-state index is 0.150. The Balaban J connectivity index is 1.47. The largest absolute Gasteiger partial charge is 0.481 e. The van der Waals surface area contributed by atoms with Crippen molar-refractivity contribution < 1.29 is 24.3 Å². The Morgan fingerprint density at radius 2 is 1.84 bits per heavy atom. The van der Waals surface area contributed by atoms with Gasteiger partial charge in [0.15, 0.2) is 0 Å². The van der Waals surface area contributed by atoms with Gasteiger partial charge >= 0.3 is 5.97 Å². The normalized spacial score (nSPS) is 18.5. The summed E-state index contributed by atoms with van der Waals surface area (Å²) in [6, 6.07) is 5.05. The predicted molar refractivity (Wildman–Crippen MR) is 116 cm³/mol. The second-order valence-electron chi connectivity index (χ2n) is 8.23. The summed E-state index contributed by atoms with van der Waals surface area (Å²) in [4.78, 5) is 48.5. The molecule has 1 unspecified atom stereocenters. The number of carboxylic acids is 1. The first-order valence-corrected chi connectivity index (χ1v) is 11.1. The third-order valence-electron chi connectivity index (χ3n) is 5.93. The molecule has 0 radical (unpaired) electrons. The Morgan fingerprint density at radius 3 is 2.58 bits per heavy atom. The van der Waals surface area contributed by atoms with E-state index in [1.165, 1.54) is 0 Å². The van der Waals surface area contributed by atoms with Gasteiger partial charge in [0.1, 0.15) is 6.04 Å². The van der Waals surface area contributed by atoms with Crippen molar-refractivity contribution in [2.75, 3.05) is 0 Å². The third kappa shape index (κ3) is 6.03. The molecule has 1 fully saturated rings. The first kappa shape index (κ1) is 22.7. The highest BCUT2D eigenvalue weighted by Gasteiger charge is 2.39.